The lowest BCUT2D eigenvalue weighted by atomic mass is 10.4. The van der Waals surface area contributed by atoms with Gasteiger partial charge >= 0.3 is 5.97 Å². The molecule has 0 aliphatic rings. The van der Waals surface area contributed by atoms with E-state index in [-0.39, 0.29) is 10.7 Å². The number of methoxy groups -OCH3 is 1. The maximum absolute atomic E-state index is 10.2. The lowest BCUT2D eigenvalue weighted by Gasteiger charge is -1.91. The average molecular weight is 120 g/mol. The van der Waals surface area contributed by atoms with Gasteiger partial charge in [-0.2, -0.15) is 0 Å². The number of carbonyl (C=O) groups is 1. The van der Waals surface area contributed by atoms with Crippen LogP contribution in [0, 0.1) is 0 Å². The maximum Gasteiger partial charge on any atom is 0.332 e. The summed E-state index contributed by atoms with van der Waals surface area (Å²) >= 11 is 0. The van der Waals surface area contributed by atoms with Crippen molar-refractivity contribution in [2.75, 3.05) is 7.11 Å². The third kappa shape index (κ3) is 3.33. The van der Waals surface area contributed by atoms with Gasteiger partial charge in [-0.15, -0.1) is 0 Å². The summed E-state index contributed by atoms with van der Waals surface area (Å²) in [5.41, 5.74) is 0.433. The van der Waals surface area contributed by atoms with Crippen molar-refractivity contribution >= 4 is 5.97 Å². The van der Waals surface area contributed by atoms with Crippen LogP contribution in [0.4, 0.5) is 4.70 Å². The Hall–Kier alpha value is -0.860. The first kappa shape index (κ1) is 10.2. The molecule has 0 amide bonds. The molecule has 0 atom stereocenters. The number of hydrogen-bond acceptors (Lipinski definition) is 2. The van der Waals surface area contributed by atoms with Crippen molar-refractivity contribution in [1.82, 2.24) is 0 Å². The molecule has 3 heteroatoms. The molecule has 0 aliphatic carbocycles. The van der Waals surface area contributed by atoms with Gasteiger partial charge in [0.15, 0.2) is 0 Å². The fourth-order valence-electron chi connectivity index (χ4n) is 0.174. The van der Waals surface area contributed by atoms with Crippen LogP contribution in [0.3, 0.4) is 0 Å². The van der Waals surface area contributed by atoms with E-state index in [1.165, 1.54) is 7.11 Å². The molecule has 0 saturated carbocycles. The second-order valence-corrected chi connectivity index (χ2v) is 1.27. The topological polar surface area (TPSA) is 26.3 Å². The second-order valence-electron chi connectivity index (χ2n) is 1.27. The van der Waals surface area contributed by atoms with E-state index in [4.69, 9.17) is 0 Å². The van der Waals surface area contributed by atoms with Gasteiger partial charge in [0.2, 0.25) is 0 Å². The SMILES string of the molecule is C=C(C)C(=O)OC.F. The highest BCUT2D eigenvalue weighted by molar-refractivity contribution is 5.86. The average Bonchev–Trinajstić information content (AvgIpc) is 1.65. The van der Waals surface area contributed by atoms with Gasteiger partial charge in [-0.25, -0.2) is 4.79 Å². The lowest BCUT2D eigenvalue weighted by molar-refractivity contribution is -0.136. The predicted molar refractivity (Wildman–Crippen MR) is 29.3 cm³/mol. The van der Waals surface area contributed by atoms with Crippen molar-refractivity contribution in [3.05, 3.63) is 12.2 Å². The Balaban J connectivity index is 0. The molecule has 0 fully saturated rings. The third-order valence-electron chi connectivity index (χ3n) is 0.534. The van der Waals surface area contributed by atoms with Crippen molar-refractivity contribution < 1.29 is 14.2 Å². The molecule has 0 aromatic carbocycles. The van der Waals surface area contributed by atoms with Crippen molar-refractivity contribution in [3.63, 3.8) is 0 Å². The van der Waals surface area contributed by atoms with Crippen LogP contribution < -0.4 is 0 Å². The van der Waals surface area contributed by atoms with Gasteiger partial charge < -0.3 is 4.74 Å². The largest absolute Gasteiger partial charge is 0.466 e. The van der Waals surface area contributed by atoms with Crippen molar-refractivity contribution in [1.29, 1.82) is 0 Å². The fourth-order valence-corrected chi connectivity index (χ4v) is 0.174. The van der Waals surface area contributed by atoms with E-state index in [1.807, 2.05) is 0 Å². The third-order valence-corrected chi connectivity index (χ3v) is 0.534. The van der Waals surface area contributed by atoms with E-state index >= 15 is 0 Å². The monoisotopic (exact) mass is 120 g/mol. The van der Waals surface area contributed by atoms with E-state index in [0.29, 0.717) is 5.57 Å². The summed E-state index contributed by atoms with van der Waals surface area (Å²) in [6.45, 7) is 4.95. The zero-order chi connectivity index (χ0) is 5.86. The second kappa shape index (κ2) is 4.30. The quantitative estimate of drug-likeness (QED) is 0.379. The summed E-state index contributed by atoms with van der Waals surface area (Å²) in [5.74, 6) is -0.347. The minimum absolute atomic E-state index is 0. The van der Waals surface area contributed by atoms with Gasteiger partial charge in [0.05, 0.1) is 7.11 Å². The highest BCUT2D eigenvalue weighted by Crippen LogP contribution is 1.87. The number of ether oxygens (including phenoxy) is 1. The molecule has 0 aromatic rings. The molecule has 0 radical (unpaired) electrons. The molecule has 0 saturated heterocycles. The fraction of sp³-hybridized carbons (Fsp3) is 0.400. The van der Waals surface area contributed by atoms with Gasteiger partial charge in [0, 0.05) is 5.57 Å². The van der Waals surface area contributed by atoms with Gasteiger partial charge in [0.1, 0.15) is 0 Å². The molecule has 0 rings (SSSR count). The van der Waals surface area contributed by atoms with E-state index in [1.54, 1.807) is 6.92 Å². The van der Waals surface area contributed by atoms with E-state index in [9.17, 15) is 4.79 Å². The Morgan fingerprint density at radius 2 is 2.00 bits per heavy atom. The molecule has 0 unspecified atom stereocenters. The maximum atomic E-state index is 10.2. The molecule has 0 spiro atoms. The van der Waals surface area contributed by atoms with E-state index < -0.39 is 0 Å². The normalized spacial score (nSPS) is 6.75. The molecule has 0 aliphatic heterocycles. The molecule has 2 nitrogen and oxygen atoms in total. The number of esters is 1. The number of hydrogen-bond donors (Lipinski definition) is 0. The molecular formula is C5H9FO2. The van der Waals surface area contributed by atoms with Gasteiger partial charge in [-0.3, -0.25) is 4.70 Å². The zero-order valence-electron chi connectivity index (χ0n) is 4.93. The van der Waals surface area contributed by atoms with Crippen LogP contribution in [0.5, 0.6) is 0 Å². The van der Waals surface area contributed by atoms with Crippen LogP contribution in [0.15, 0.2) is 12.2 Å². The Morgan fingerprint density at radius 1 is 1.62 bits per heavy atom. The predicted octanol–water partition coefficient (Wildman–Crippen LogP) is 0.888. The van der Waals surface area contributed by atoms with Crippen LogP contribution >= 0.6 is 0 Å². The molecule has 48 valence electrons. The molecule has 0 bridgehead atoms. The van der Waals surface area contributed by atoms with Gasteiger partial charge in [-0.1, -0.05) is 6.58 Å². The summed E-state index contributed by atoms with van der Waals surface area (Å²) in [5, 5.41) is 0. The van der Waals surface area contributed by atoms with Crippen molar-refractivity contribution in [3.8, 4) is 0 Å². The Kier molecular flexibility index (Phi) is 5.48. The first-order chi connectivity index (χ1) is 3.18. The number of halogens is 1. The summed E-state index contributed by atoms with van der Waals surface area (Å²) in [4.78, 5) is 10.2. The van der Waals surface area contributed by atoms with E-state index in [2.05, 4.69) is 11.3 Å². The highest BCUT2D eigenvalue weighted by atomic mass is 19.0. The molecule has 0 heterocycles. The first-order valence-corrected chi connectivity index (χ1v) is 1.92. The van der Waals surface area contributed by atoms with Crippen molar-refractivity contribution in [2.45, 2.75) is 6.92 Å². The molecule has 0 aromatic heterocycles. The van der Waals surface area contributed by atoms with Gasteiger partial charge in [0.25, 0.3) is 0 Å². The lowest BCUT2D eigenvalue weighted by Crippen LogP contribution is -1.98. The zero-order valence-corrected chi connectivity index (χ0v) is 4.93. The Morgan fingerprint density at radius 3 is 2.00 bits per heavy atom. The highest BCUT2D eigenvalue weighted by Gasteiger charge is 1.95. The molecule has 8 heavy (non-hydrogen) atoms. The first-order valence-electron chi connectivity index (χ1n) is 1.92. The standard InChI is InChI=1S/C5H8O2.FH/c1-4(2)5(6)7-3;/h1H2,2-3H3;1H. The van der Waals surface area contributed by atoms with Crippen LogP contribution in [-0.2, 0) is 9.53 Å². The van der Waals surface area contributed by atoms with Crippen LogP contribution in [0.1, 0.15) is 6.92 Å². The summed E-state index contributed by atoms with van der Waals surface area (Å²) in [7, 11) is 1.33. The Bertz CT molecular complexity index is 98.6. The number of carbonyl (C=O) groups excluding carboxylic acids is 1. The van der Waals surface area contributed by atoms with Crippen LogP contribution in [0.25, 0.3) is 0 Å². The minimum Gasteiger partial charge on any atom is -0.466 e. The van der Waals surface area contributed by atoms with Gasteiger partial charge in [-0.05, 0) is 6.92 Å². The molecular weight excluding hydrogens is 111 g/mol. The van der Waals surface area contributed by atoms with Crippen LogP contribution in [-0.4, -0.2) is 13.1 Å². The van der Waals surface area contributed by atoms with Crippen LogP contribution in [0.2, 0.25) is 0 Å². The van der Waals surface area contributed by atoms with Crippen molar-refractivity contribution in [2.24, 2.45) is 0 Å². The minimum atomic E-state index is -0.347. The molecule has 0 N–H and O–H groups in total. The summed E-state index contributed by atoms with van der Waals surface area (Å²) in [6, 6.07) is 0. The summed E-state index contributed by atoms with van der Waals surface area (Å²) < 4.78 is 4.27. The summed E-state index contributed by atoms with van der Waals surface area (Å²) in [6.07, 6.45) is 0. The Labute approximate surface area is 47.5 Å². The van der Waals surface area contributed by atoms with E-state index in [0.717, 1.165) is 0 Å². The number of rotatable bonds is 1. The smallest absolute Gasteiger partial charge is 0.332 e.